The highest BCUT2D eigenvalue weighted by Crippen LogP contribution is 2.16. The van der Waals surface area contributed by atoms with Crippen LogP contribution in [0.3, 0.4) is 0 Å². The number of aromatic nitrogens is 2. The molecule has 0 saturated carbocycles. The molecule has 1 heterocycles. The lowest BCUT2D eigenvalue weighted by atomic mass is 10.3. The fourth-order valence-corrected chi connectivity index (χ4v) is 1.70. The molecule has 0 bridgehead atoms. The molecule has 1 aromatic rings. The zero-order chi connectivity index (χ0) is 12.8. The maximum atomic E-state index is 11.4. The van der Waals surface area contributed by atoms with Gasteiger partial charge in [0.2, 0.25) is 5.91 Å². The topological polar surface area (TPSA) is 58.1 Å². The maximum absolute atomic E-state index is 11.4. The van der Waals surface area contributed by atoms with Crippen molar-refractivity contribution in [2.24, 2.45) is 0 Å². The van der Waals surface area contributed by atoms with Crippen LogP contribution in [0.15, 0.2) is 6.07 Å². The lowest BCUT2D eigenvalue weighted by Gasteiger charge is -2.22. The summed E-state index contributed by atoms with van der Waals surface area (Å²) in [5.41, 5.74) is 0. The van der Waals surface area contributed by atoms with Crippen LogP contribution in [0, 0.1) is 6.92 Å². The van der Waals surface area contributed by atoms with E-state index in [-0.39, 0.29) is 12.5 Å². The van der Waals surface area contributed by atoms with Crippen molar-refractivity contribution in [1.82, 2.24) is 15.3 Å². The van der Waals surface area contributed by atoms with E-state index in [1.165, 1.54) is 0 Å². The highest BCUT2D eigenvalue weighted by molar-refractivity contribution is 6.29. The highest BCUT2D eigenvalue weighted by Gasteiger charge is 2.12. The smallest absolute Gasteiger partial charge is 0.239 e. The molecular formula is C11H17ClN4O. The Bertz CT molecular complexity index is 377. The normalized spacial score (nSPS) is 10.1. The Balaban J connectivity index is 2.91. The minimum Gasteiger partial charge on any atom is -0.358 e. The molecule has 0 unspecified atom stereocenters. The van der Waals surface area contributed by atoms with E-state index in [2.05, 4.69) is 15.3 Å². The number of anilines is 1. The van der Waals surface area contributed by atoms with Gasteiger partial charge in [-0.05, 0) is 13.3 Å². The van der Waals surface area contributed by atoms with Gasteiger partial charge in [0.05, 0.1) is 6.54 Å². The van der Waals surface area contributed by atoms with E-state index in [1.54, 1.807) is 20.0 Å². The molecule has 94 valence electrons. The summed E-state index contributed by atoms with van der Waals surface area (Å²) < 4.78 is 0. The standard InChI is InChI=1S/C11H17ClN4O/c1-4-5-16(7-11(17)13-3)10-6-9(12)14-8(2)15-10/h6H,4-5,7H2,1-3H3,(H,13,17). The maximum Gasteiger partial charge on any atom is 0.239 e. The zero-order valence-corrected chi connectivity index (χ0v) is 11.1. The quantitative estimate of drug-likeness (QED) is 0.809. The number of hydrogen-bond donors (Lipinski definition) is 1. The van der Waals surface area contributed by atoms with Crippen LogP contribution in [0.4, 0.5) is 5.82 Å². The molecule has 1 aromatic heterocycles. The van der Waals surface area contributed by atoms with Crippen molar-refractivity contribution in [2.75, 3.05) is 25.0 Å². The first kappa shape index (κ1) is 13.7. The van der Waals surface area contributed by atoms with Gasteiger partial charge >= 0.3 is 0 Å². The molecule has 0 radical (unpaired) electrons. The third-order valence-corrected chi connectivity index (χ3v) is 2.42. The number of halogens is 1. The second kappa shape index (κ2) is 6.39. The van der Waals surface area contributed by atoms with Crippen molar-refractivity contribution in [3.05, 3.63) is 17.0 Å². The van der Waals surface area contributed by atoms with Gasteiger partial charge in [-0.3, -0.25) is 4.79 Å². The van der Waals surface area contributed by atoms with E-state index in [4.69, 9.17) is 11.6 Å². The van der Waals surface area contributed by atoms with Gasteiger partial charge in [-0.2, -0.15) is 0 Å². The number of carbonyl (C=O) groups excluding carboxylic acids is 1. The van der Waals surface area contributed by atoms with Gasteiger partial charge in [-0.15, -0.1) is 0 Å². The molecule has 0 aliphatic carbocycles. The number of nitrogens with one attached hydrogen (secondary N) is 1. The lowest BCUT2D eigenvalue weighted by Crippen LogP contribution is -2.36. The molecule has 17 heavy (non-hydrogen) atoms. The molecule has 0 aliphatic heterocycles. The van der Waals surface area contributed by atoms with Gasteiger partial charge in [-0.25, -0.2) is 9.97 Å². The predicted octanol–water partition coefficient (Wildman–Crippen LogP) is 1.40. The van der Waals surface area contributed by atoms with Crippen LogP contribution in [0.25, 0.3) is 0 Å². The minimum atomic E-state index is -0.0502. The first-order valence-electron chi connectivity index (χ1n) is 5.53. The summed E-state index contributed by atoms with van der Waals surface area (Å²) in [6.07, 6.45) is 0.928. The van der Waals surface area contributed by atoms with Gasteiger partial charge in [0.25, 0.3) is 0 Å². The molecule has 0 spiro atoms. The lowest BCUT2D eigenvalue weighted by molar-refractivity contribution is -0.119. The van der Waals surface area contributed by atoms with Crippen molar-refractivity contribution in [3.63, 3.8) is 0 Å². The molecule has 0 aromatic carbocycles. The van der Waals surface area contributed by atoms with Crippen molar-refractivity contribution < 1.29 is 4.79 Å². The first-order chi connectivity index (χ1) is 8.06. The molecule has 0 saturated heterocycles. The van der Waals surface area contributed by atoms with Crippen molar-refractivity contribution in [1.29, 1.82) is 0 Å². The van der Waals surface area contributed by atoms with E-state index >= 15 is 0 Å². The summed E-state index contributed by atoms with van der Waals surface area (Å²) in [5.74, 6) is 1.24. The number of rotatable bonds is 5. The SMILES string of the molecule is CCCN(CC(=O)NC)c1cc(Cl)nc(C)n1. The van der Waals surface area contributed by atoms with E-state index in [1.807, 2.05) is 11.8 Å². The van der Waals surface area contributed by atoms with Crippen LogP contribution < -0.4 is 10.2 Å². The molecule has 5 nitrogen and oxygen atoms in total. The summed E-state index contributed by atoms with van der Waals surface area (Å²) in [6, 6.07) is 1.67. The number of carbonyl (C=O) groups is 1. The molecule has 6 heteroatoms. The summed E-state index contributed by atoms with van der Waals surface area (Å²) in [7, 11) is 1.62. The molecule has 1 amide bonds. The number of hydrogen-bond acceptors (Lipinski definition) is 4. The van der Waals surface area contributed by atoms with E-state index in [9.17, 15) is 4.79 Å². The molecular weight excluding hydrogens is 240 g/mol. The predicted molar refractivity (Wildman–Crippen MR) is 68.3 cm³/mol. The molecule has 0 aliphatic rings. The molecule has 0 fully saturated rings. The molecule has 0 atom stereocenters. The molecule has 1 rings (SSSR count). The van der Waals surface area contributed by atoms with Crippen LogP contribution >= 0.6 is 11.6 Å². The van der Waals surface area contributed by atoms with Gasteiger partial charge in [0, 0.05) is 19.7 Å². The Kier molecular flexibility index (Phi) is 5.15. The summed E-state index contributed by atoms with van der Waals surface area (Å²) in [4.78, 5) is 21.6. The van der Waals surface area contributed by atoms with Crippen LogP contribution in [0.2, 0.25) is 5.15 Å². The summed E-state index contributed by atoms with van der Waals surface area (Å²) in [6.45, 7) is 4.85. The largest absolute Gasteiger partial charge is 0.358 e. The van der Waals surface area contributed by atoms with Crippen molar-refractivity contribution >= 4 is 23.3 Å². The van der Waals surface area contributed by atoms with Gasteiger partial charge < -0.3 is 10.2 Å². The van der Waals surface area contributed by atoms with E-state index in [0.717, 1.165) is 13.0 Å². The van der Waals surface area contributed by atoms with Gasteiger partial charge in [0.1, 0.15) is 16.8 Å². The van der Waals surface area contributed by atoms with Crippen LogP contribution in [0.1, 0.15) is 19.2 Å². The van der Waals surface area contributed by atoms with E-state index in [0.29, 0.717) is 16.8 Å². The minimum absolute atomic E-state index is 0.0502. The van der Waals surface area contributed by atoms with Crippen LogP contribution in [-0.4, -0.2) is 36.0 Å². The van der Waals surface area contributed by atoms with Crippen molar-refractivity contribution in [2.45, 2.75) is 20.3 Å². The van der Waals surface area contributed by atoms with Gasteiger partial charge in [0.15, 0.2) is 0 Å². The number of nitrogens with zero attached hydrogens (tertiary/aromatic N) is 3. The third-order valence-electron chi connectivity index (χ3n) is 2.22. The average Bonchev–Trinajstić information content (AvgIpc) is 2.27. The van der Waals surface area contributed by atoms with Crippen LogP contribution in [-0.2, 0) is 4.79 Å². The molecule has 1 N–H and O–H groups in total. The van der Waals surface area contributed by atoms with Crippen LogP contribution in [0.5, 0.6) is 0 Å². The highest BCUT2D eigenvalue weighted by atomic mass is 35.5. The van der Waals surface area contributed by atoms with Gasteiger partial charge in [-0.1, -0.05) is 18.5 Å². The fraction of sp³-hybridized carbons (Fsp3) is 0.545. The Morgan fingerprint density at radius 1 is 1.53 bits per heavy atom. The fourth-order valence-electron chi connectivity index (χ4n) is 1.48. The van der Waals surface area contributed by atoms with Crippen molar-refractivity contribution in [3.8, 4) is 0 Å². The number of likely N-dealkylation sites (N-methyl/N-ethyl adjacent to an activating group) is 1. The summed E-state index contributed by atoms with van der Waals surface area (Å²) in [5, 5.41) is 2.99. The van der Waals surface area contributed by atoms with E-state index < -0.39 is 0 Å². The second-order valence-corrected chi connectivity index (χ2v) is 4.08. The Hall–Kier alpha value is -1.36. The average molecular weight is 257 g/mol. The monoisotopic (exact) mass is 256 g/mol. The Morgan fingerprint density at radius 3 is 2.76 bits per heavy atom. The first-order valence-corrected chi connectivity index (χ1v) is 5.91. The Morgan fingerprint density at radius 2 is 2.24 bits per heavy atom. The zero-order valence-electron chi connectivity index (χ0n) is 10.3. The number of aryl methyl sites for hydroxylation is 1. The third kappa shape index (κ3) is 4.19. The Labute approximate surface area is 106 Å². The summed E-state index contributed by atoms with van der Waals surface area (Å²) >= 11 is 5.89. The second-order valence-electron chi connectivity index (χ2n) is 3.69. The number of amides is 1.